The molecule has 0 heterocycles. The van der Waals surface area contributed by atoms with Crippen LogP contribution < -0.4 is 0 Å². The maximum absolute atomic E-state index is 12.1. The largest absolute Gasteiger partial charge is 0.299 e. The second kappa shape index (κ2) is 9.82. The predicted octanol–water partition coefficient (Wildman–Crippen LogP) is 6.21. The number of hydrogen-bond donors (Lipinski definition) is 0. The van der Waals surface area contributed by atoms with E-state index in [2.05, 4.69) is 37.3 Å². The molecule has 1 aromatic rings. The molecule has 1 saturated carbocycles. The van der Waals surface area contributed by atoms with Crippen molar-refractivity contribution < 1.29 is 4.79 Å². The molecule has 1 aromatic carbocycles. The third-order valence-corrected chi connectivity index (χ3v) is 5.10. The molecule has 2 rings (SSSR count). The zero-order valence-electron chi connectivity index (χ0n) is 15.0. The standard InChI is InChI=1S/C19H28O.C2H6/c1-16(15-18-9-5-3-6-10-18)11-14-19(17(2)20)12-7-4-8-13-19;1-2/h3,5-6,9-10,16H,4,7-8,11-15H2,1-2H3;1-2H3/t16-;/m1./s1. The molecular weight excluding hydrogens is 268 g/mol. The van der Waals surface area contributed by atoms with Crippen molar-refractivity contribution in [2.75, 3.05) is 0 Å². The molecule has 1 aliphatic rings. The van der Waals surface area contributed by atoms with E-state index in [4.69, 9.17) is 0 Å². The van der Waals surface area contributed by atoms with E-state index in [9.17, 15) is 4.79 Å². The van der Waals surface area contributed by atoms with Gasteiger partial charge < -0.3 is 0 Å². The lowest BCUT2D eigenvalue weighted by Crippen LogP contribution is -2.32. The second-order valence-electron chi connectivity index (χ2n) is 6.73. The third kappa shape index (κ3) is 5.59. The fourth-order valence-electron chi connectivity index (χ4n) is 3.65. The van der Waals surface area contributed by atoms with Gasteiger partial charge in [-0.15, -0.1) is 0 Å². The Morgan fingerprint density at radius 2 is 1.68 bits per heavy atom. The lowest BCUT2D eigenvalue weighted by molar-refractivity contribution is -0.129. The van der Waals surface area contributed by atoms with Gasteiger partial charge in [0.2, 0.25) is 0 Å². The highest BCUT2D eigenvalue weighted by molar-refractivity contribution is 5.82. The Labute approximate surface area is 137 Å². The van der Waals surface area contributed by atoms with E-state index in [-0.39, 0.29) is 5.41 Å². The number of benzene rings is 1. The number of carbonyl (C=O) groups excluding carboxylic acids is 1. The second-order valence-corrected chi connectivity index (χ2v) is 6.73. The Balaban J connectivity index is 0.00000116. The first-order valence-electron chi connectivity index (χ1n) is 9.17. The van der Waals surface area contributed by atoms with Gasteiger partial charge in [-0.05, 0) is 50.5 Å². The Hall–Kier alpha value is -1.11. The fourth-order valence-corrected chi connectivity index (χ4v) is 3.65. The molecular formula is C21H34O. The minimum absolute atomic E-state index is 0.0171. The number of hydrogen-bond acceptors (Lipinski definition) is 1. The molecule has 0 bridgehead atoms. The van der Waals surface area contributed by atoms with E-state index in [1.807, 2.05) is 20.8 Å². The van der Waals surface area contributed by atoms with Gasteiger partial charge in [0.1, 0.15) is 5.78 Å². The molecule has 22 heavy (non-hydrogen) atoms. The van der Waals surface area contributed by atoms with Crippen molar-refractivity contribution in [1.82, 2.24) is 0 Å². The molecule has 0 saturated heterocycles. The summed E-state index contributed by atoms with van der Waals surface area (Å²) in [5.74, 6) is 1.10. The summed E-state index contributed by atoms with van der Waals surface area (Å²) < 4.78 is 0. The Bertz CT molecular complexity index is 415. The monoisotopic (exact) mass is 302 g/mol. The van der Waals surface area contributed by atoms with Gasteiger partial charge in [-0.2, -0.15) is 0 Å². The van der Waals surface area contributed by atoms with Crippen LogP contribution in [0.25, 0.3) is 0 Å². The molecule has 0 aromatic heterocycles. The van der Waals surface area contributed by atoms with Crippen molar-refractivity contribution in [1.29, 1.82) is 0 Å². The Morgan fingerprint density at radius 3 is 2.23 bits per heavy atom. The topological polar surface area (TPSA) is 17.1 Å². The summed E-state index contributed by atoms with van der Waals surface area (Å²) >= 11 is 0. The minimum Gasteiger partial charge on any atom is -0.299 e. The lowest BCUT2D eigenvalue weighted by Gasteiger charge is -2.35. The molecule has 124 valence electrons. The van der Waals surface area contributed by atoms with Crippen LogP contribution in [0.4, 0.5) is 0 Å². The minimum atomic E-state index is 0.0171. The van der Waals surface area contributed by atoms with Crippen LogP contribution in [0.1, 0.15) is 78.2 Å². The molecule has 0 radical (unpaired) electrons. The molecule has 0 spiro atoms. The van der Waals surface area contributed by atoms with Crippen LogP contribution in [0, 0.1) is 11.3 Å². The van der Waals surface area contributed by atoms with Gasteiger partial charge in [0.25, 0.3) is 0 Å². The lowest BCUT2D eigenvalue weighted by atomic mass is 9.68. The Morgan fingerprint density at radius 1 is 1.09 bits per heavy atom. The normalized spacial score (nSPS) is 18.0. The summed E-state index contributed by atoms with van der Waals surface area (Å²) in [6.45, 7) is 8.14. The highest BCUT2D eigenvalue weighted by Gasteiger charge is 2.36. The van der Waals surface area contributed by atoms with Crippen molar-refractivity contribution in [3.63, 3.8) is 0 Å². The quantitative estimate of drug-likeness (QED) is 0.610. The summed E-state index contributed by atoms with van der Waals surface area (Å²) in [5.41, 5.74) is 1.43. The first-order chi connectivity index (χ1) is 10.6. The zero-order chi connectivity index (χ0) is 16.4. The first kappa shape index (κ1) is 18.9. The van der Waals surface area contributed by atoms with Gasteiger partial charge in [-0.3, -0.25) is 4.79 Å². The number of carbonyl (C=O) groups is 1. The molecule has 1 atom stereocenters. The van der Waals surface area contributed by atoms with Gasteiger partial charge in [-0.1, -0.05) is 70.4 Å². The molecule has 1 heteroatoms. The molecule has 1 aliphatic carbocycles. The van der Waals surface area contributed by atoms with Crippen molar-refractivity contribution in [2.24, 2.45) is 11.3 Å². The van der Waals surface area contributed by atoms with E-state index in [0.717, 1.165) is 25.7 Å². The summed E-state index contributed by atoms with van der Waals surface area (Å²) in [7, 11) is 0. The van der Waals surface area contributed by atoms with E-state index in [1.165, 1.54) is 31.2 Å². The molecule has 0 amide bonds. The van der Waals surface area contributed by atoms with Crippen LogP contribution in [-0.2, 0) is 11.2 Å². The average molecular weight is 303 g/mol. The van der Waals surface area contributed by atoms with Crippen molar-refractivity contribution >= 4 is 5.78 Å². The summed E-state index contributed by atoms with van der Waals surface area (Å²) in [5, 5.41) is 0. The SMILES string of the molecule is CC.CC(=O)C1(CC[C@@H](C)Cc2ccccc2)CCCCC1. The maximum Gasteiger partial charge on any atom is 0.135 e. The fraction of sp³-hybridized carbons (Fsp3) is 0.667. The molecule has 0 unspecified atom stereocenters. The predicted molar refractivity (Wildman–Crippen MR) is 96.1 cm³/mol. The zero-order valence-corrected chi connectivity index (χ0v) is 15.0. The summed E-state index contributed by atoms with van der Waals surface area (Å²) in [6, 6.07) is 10.7. The molecule has 1 nitrogen and oxygen atoms in total. The van der Waals surface area contributed by atoms with Crippen LogP contribution in [-0.4, -0.2) is 5.78 Å². The highest BCUT2D eigenvalue weighted by atomic mass is 16.1. The van der Waals surface area contributed by atoms with Crippen LogP contribution in [0.5, 0.6) is 0 Å². The van der Waals surface area contributed by atoms with Crippen LogP contribution in [0.2, 0.25) is 0 Å². The molecule has 0 N–H and O–H groups in total. The van der Waals surface area contributed by atoms with E-state index < -0.39 is 0 Å². The average Bonchev–Trinajstić information content (AvgIpc) is 2.56. The van der Waals surface area contributed by atoms with Crippen molar-refractivity contribution in [3.05, 3.63) is 35.9 Å². The molecule has 0 aliphatic heterocycles. The maximum atomic E-state index is 12.1. The van der Waals surface area contributed by atoms with E-state index in [0.29, 0.717) is 11.7 Å². The number of ketones is 1. The van der Waals surface area contributed by atoms with Gasteiger partial charge in [0.05, 0.1) is 0 Å². The van der Waals surface area contributed by atoms with Crippen LogP contribution >= 0.6 is 0 Å². The van der Waals surface area contributed by atoms with E-state index >= 15 is 0 Å². The number of Topliss-reactive ketones (excluding diaryl/α,β-unsaturated/α-hetero) is 1. The van der Waals surface area contributed by atoms with Crippen molar-refractivity contribution in [2.45, 2.75) is 79.1 Å². The van der Waals surface area contributed by atoms with Crippen LogP contribution in [0.3, 0.4) is 0 Å². The van der Waals surface area contributed by atoms with Crippen molar-refractivity contribution in [3.8, 4) is 0 Å². The van der Waals surface area contributed by atoms with Crippen LogP contribution in [0.15, 0.2) is 30.3 Å². The smallest absolute Gasteiger partial charge is 0.135 e. The van der Waals surface area contributed by atoms with Gasteiger partial charge in [0.15, 0.2) is 0 Å². The van der Waals surface area contributed by atoms with Gasteiger partial charge in [-0.25, -0.2) is 0 Å². The summed E-state index contributed by atoms with van der Waals surface area (Å²) in [4.78, 5) is 12.1. The highest BCUT2D eigenvalue weighted by Crippen LogP contribution is 2.42. The molecule has 1 fully saturated rings. The van der Waals surface area contributed by atoms with E-state index in [1.54, 1.807) is 0 Å². The first-order valence-corrected chi connectivity index (χ1v) is 9.17. The third-order valence-electron chi connectivity index (χ3n) is 5.10. The van der Waals surface area contributed by atoms with Gasteiger partial charge >= 0.3 is 0 Å². The number of rotatable bonds is 6. The summed E-state index contributed by atoms with van der Waals surface area (Å²) in [6.07, 6.45) is 9.45. The van der Waals surface area contributed by atoms with Gasteiger partial charge in [0, 0.05) is 5.41 Å². The Kier molecular flexibility index (Phi) is 8.45.